The minimum Gasteiger partial charge on any atom is -0.490 e. The fourth-order valence-electron chi connectivity index (χ4n) is 5.29. The predicted molar refractivity (Wildman–Crippen MR) is 181 cm³/mol. The number of halogens is 1. The molecule has 0 atom stereocenters. The molecule has 1 aromatic rings. The Labute approximate surface area is 265 Å². The zero-order valence-corrected chi connectivity index (χ0v) is 28.5. The summed E-state index contributed by atoms with van der Waals surface area (Å²) in [5.41, 5.74) is 0.396. The summed E-state index contributed by atoms with van der Waals surface area (Å²) in [5.74, 6) is 1.78. The van der Waals surface area contributed by atoms with Gasteiger partial charge in [0.05, 0.1) is 19.8 Å². The standard InChI is InChI=1S/C37H65ClO4/c1-4-7-10-13-16-19-22-25-28-40-34-31-33(37(38)39)32-35(41-29-26-23-20-17-14-11-8-5-2)36(34)42-30-27-24-21-18-15-12-9-6-3/h31-32H,4-30H2,1-3H3. The van der Waals surface area contributed by atoms with Crippen molar-refractivity contribution < 1.29 is 19.0 Å². The van der Waals surface area contributed by atoms with Gasteiger partial charge in [0.25, 0.3) is 5.24 Å². The second-order valence-corrected chi connectivity index (χ2v) is 12.4. The third kappa shape index (κ3) is 20.5. The maximum absolute atomic E-state index is 12.1. The maximum Gasteiger partial charge on any atom is 0.252 e. The van der Waals surface area contributed by atoms with Crippen LogP contribution in [-0.2, 0) is 0 Å². The van der Waals surface area contributed by atoms with E-state index in [0.717, 1.165) is 38.5 Å². The fourth-order valence-corrected chi connectivity index (χ4v) is 5.40. The normalized spacial score (nSPS) is 11.1. The second-order valence-electron chi connectivity index (χ2n) is 12.0. The van der Waals surface area contributed by atoms with Gasteiger partial charge in [0.15, 0.2) is 11.5 Å². The first-order valence-corrected chi connectivity index (χ1v) is 18.3. The largest absolute Gasteiger partial charge is 0.490 e. The molecule has 0 heterocycles. The molecule has 0 unspecified atom stereocenters. The average molecular weight is 609 g/mol. The second kappa shape index (κ2) is 28.4. The molecule has 0 N–H and O–H groups in total. The molecule has 42 heavy (non-hydrogen) atoms. The van der Waals surface area contributed by atoms with Gasteiger partial charge < -0.3 is 14.2 Å². The summed E-state index contributed by atoms with van der Waals surface area (Å²) in [4.78, 5) is 12.1. The molecule has 1 aromatic carbocycles. The highest BCUT2D eigenvalue weighted by molar-refractivity contribution is 6.67. The molecule has 0 aromatic heterocycles. The number of unbranched alkanes of at least 4 members (excludes halogenated alkanes) is 21. The van der Waals surface area contributed by atoms with Crippen LogP contribution in [0.4, 0.5) is 0 Å². The predicted octanol–water partition coefficient (Wildman–Crippen LogP) is 12.6. The zero-order chi connectivity index (χ0) is 30.5. The van der Waals surface area contributed by atoms with Gasteiger partial charge in [0, 0.05) is 5.56 Å². The first-order valence-electron chi connectivity index (χ1n) is 17.9. The van der Waals surface area contributed by atoms with Crippen molar-refractivity contribution >= 4 is 16.8 Å². The molecule has 0 aliphatic heterocycles. The van der Waals surface area contributed by atoms with Crippen molar-refractivity contribution in [2.75, 3.05) is 19.8 Å². The lowest BCUT2D eigenvalue weighted by molar-refractivity contribution is 0.108. The average Bonchev–Trinajstić information content (AvgIpc) is 2.99. The Balaban J connectivity index is 2.69. The van der Waals surface area contributed by atoms with Crippen molar-refractivity contribution in [1.82, 2.24) is 0 Å². The SMILES string of the molecule is CCCCCCCCCCOc1cc(C(=O)Cl)cc(OCCCCCCCCCC)c1OCCCCCCCCCC. The number of ether oxygens (including phenoxy) is 3. The van der Waals surface area contributed by atoms with E-state index < -0.39 is 5.24 Å². The van der Waals surface area contributed by atoms with Gasteiger partial charge in [-0.05, 0) is 43.0 Å². The minimum absolute atomic E-state index is 0.396. The Morgan fingerprint density at radius 1 is 0.476 bits per heavy atom. The van der Waals surface area contributed by atoms with Crippen LogP contribution in [0, 0.1) is 0 Å². The Morgan fingerprint density at radius 2 is 0.762 bits per heavy atom. The van der Waals surface area contributed by atoms with E-state index in [9.17, 15) is 4.79 Å². The first-order chi connectivity index (χ1) is 20.6. The van der Waals surface area contributed by atoms with E-state index in [0.29, 0.717) is 42.6 Å². The molecule has 0 aliphatic carbocycles. The van der Waals surface area contributed by atoms with Crippen molar-refractivity contribution in [2.24, 2.45) is 0 Å². The highest BCUT2D eigenvalue weighted by Gasteiger charge is 2.18. The number of carbonyl (C=O) groups excluding carboxylic acids is 1. The third-order valence-electron chi connectivity index (χ3n) is 8.00. The first kappa shape index (κ1) is 38.6. The summed E-state index contributed by atoms with van der Waals surface area (Å²) in [7, 11) is 0. The van der Waals surface area contributed by atoms with Gasteiger partial charge in [0.1, 0.15) is 0 Å². The molecule has 4 nitrogen and oxygen atoms in total. The Bertz CT molecular complexity index is 723. The maximum atomic E-state index is 12.1. The lowest BCUT2D eigenvalue weighted by Crippen LogP contribution is -2.07. The lowest BCUT2D eigenvalue weighted by atomic mass is 10.1. The van der Waals surface area contributed by atoms with E-state index in [1.54, 1.807) is 12.1 Å². The van der Waals surface area contributed by atoms with E-state index in [4.69, 9.17) is 25.8 Å². The number of rotatable bonds is 31. The lowest BCUT2D eigenvalue weighted by Gasteiger charge is -2.18. The van der Waals surface area contributed by atoms with Crippen molar-refractivity contribution in [3.63, 3.8) is 0 Å². The van der Waals surface area contributed by atoms with Gasteiger partial charge in [0.2, 0.25) is 5.75 Å². The number of hydrogen-bond acceptors (Lipinski definition) is 4. The van der Waals surface area contributed by atoms with E-state index in [1.807, 2.05) is 0 Å². The van der Waals surface area contributed by atoms with Crippen LogP contribution in [0.3, 0.4) is 0 Å². The highest BCUT2D eigenvalue weighted by atomic mass is 35.5. The zero-order valence-electron chi connectivity index (χ0n) is 27.8. The smallest absolute Gasteiger partial charge is 0.252 e. The Morgan fingerprint density at radius 3 is 1.07 bits per heavy atom. The van der Waals surface area contributed by atoms with Gasteiger partial charge in [-0.2, -0.15) is 0 Å². The summed E-state index contributed by atoms with van der Waals surface area (Å²) in [6, 6.07) is 3.46. The summed E-state index contributed by atoms with van der Waals surface area (Å²) < 4.78 is 18.8. The van der Waals surface area contributed by atoms with Gasteiger partial charge in [-0.3, -0.25) is 4.79 Å². The molecular formula is C37H65ClO4. The third-order valence-corrected chi connectivity index (χ3v) is 8.22. The molecule has 0 fully saturated rings. The number of benzene rings is 1. The summed E-state index contributed by atoms with van der Waals surface area (Å²) in [6.07, 6.45) is 29.9. The van der Waals surface area contributed by atoms with Crippen LogP contribution in [0.15, 0.2) is 12.1 Å². The van der Waals surface area contributed by atoms with Gasteiger partial charge >= 0.3 is 0 Å². The highest BCUT2D eigenvalue weighted by Crippen LogP contribution is 2.40. The van der Waals surface area contributed by atoms with Crippen LogP contribution in [-0.4, -0.2) is 25.1 Å². The monoisotopic (exact) mass is 608 g/mol. The van der Waals surface area contributed by atoms with Crippen molar-refractivity contribution in [3.05, 3.63) is 17.7 Å². The summed E-state index contributed by atoms with van der Waals surface area (Å²) >= 11 is 5.92. The molecule has 0 saturated heterocycles. The topological polar surface area (TPSA) is 44.8 Å². The van der Waals surface area contributed by atoms with E-state index >= 15 is 0 Å². The summed E-state index contributed by atoms with van der Waals surface area (Å²) in [6.45, 7) is 8.58. The summed E-state index contributed by atoms with van der Waals surface area (Å²) in [5, 5.41) is -0.501. The molecular weight excluding hydrogens is 544 g/mol. The van der Waals surface area contributed by atoms with Crippen LogP contribution in [0.25, 0.3) is 0 Å². The van der Waals surface area contributed by atoms with Crippen LogP contribution >= 0.6 is 11.6 Å². The van der Waals surface area contributed by atoms with Crippen LogP contribution in [0.5, 0.6) is 17.2 Å². The number of carbonyl (C=O) groups is 1. The van der Waals surface area contributed by atoms with Crippen molar-refractivity contribution in [3.8, 4) is 17.2 Å². The molecule has 0 bridgehead atoms. The van der Waals surface area contributed by atoms with Crippen LogP contribution in [0.1, 0.15) is 185 Å². The fraction of sp³-hybridized carbons (Fsp3) is 0.811. The van der Waals surface area contributed by atoms with E-state index in [2.05, 4.69) is 20.8 Å². The van der Waals surface area contributed by atoms with Gasteiger partial charge in [-0.15, -0.1) is 0 Å². The number of hydrogen-bond donors (Lipinski definition) is 0. The Hall–Kier alpha value is -1.42. The van der Waals surface area contributed by atoms with Crippen LogP contribution < -0.4 is 14.2 Å². The molecule has 0 spiro atoms. The molecule has 0 saturated carbocycles. The molecule has 0 radical (unpaired) electrons. The molecule has 5 heteroatoms. The quantitative estimate of drug-likeness (QED) is 0.0621. The van der Waals surface area contributed by atoms with E-state index in [-0.39, 0.29) is 0 Å². The minimum atomic E-state index is -0.501. The Kier molecular flexibility index (Phi) is 26.1. The van der Waals surface area contributed by atoms with Gasteiger partial charge in [-0.25, -0.2) is 0 Å². The van der Waals surface area contributed by atoms with Crippen molar-refractivity contribution in [2.45, 2.75) is 175 Å². The van der Waals surface area contributed by atoms with Crippen LogP contribution in [0.2, 0.25) is 0 Å². The van der Waals surface area contributed by atoms with Crippen molar-refractivity contribution in [1.29, 1.82) is 0 Å². The molecule has 1 rings (SSSR count). The van der Waals surface area contributed by atoms with Gasteiger partial charge in [-0.1, -0.05) is 156 Å². The van der Waals surface area contributed by atoms with E-state index in [1.165, 1.54) is 116 Å². The molecule has 0 amide bonds. The molecule has 244 valence electrons. The molecule has 0 aliphatic rings.